The molecule has 0 N–H and O–H groups in total. The van der Waals surface area contributed by atoms with Crippen LogP contribution >= 0.6 is 15.9 Å². The third kappa shape index (κ3) is 5.77. The number of likely N-dealkylation sites (tertiary alicyclic amines) is 1. The van der Waals surface area contributed by atoms with Crippen molar-refractivity contribution in [1.82, 2.24) is 14.8 Å². The van der Waals surface area contributed by atoms with Crippen molar-refractivity contribution in [2.45, 2.75) is 51.8 Å². The standard InChI is InChI=1S/C17H26BrN3O2/c1-17(2,3)23-16(22)20(4)14-6-5-9-21(12-14)11-13-7-8-19-15(18)10-13/h7-8,10,14H,5-6,9,11-12H2,1-4H3. The van der Waals surface area contributed by atoms with E-state index in [0.717, 1.165) is 37.1 Å². The molecule has 1 aliphatic rings. The molecule has 2 heterocycles. The van der Waals surface area contributed by atoms with Gasteiger partial charge in [-0.2, -0.15) is 0 Å². The second kappa shape index (κ2) is 7.62. The summed E-state index contributed by atoms with van der Waals surface area (Å²) < 4.78 is 6.33. The van der Waals surface area contributed by atoms with E-state index in [4.69, 9.17) is 4.74 Å². The summed E-state index contributed by atoms with van der Waals surface area (Å²) >= 11 is 3.41. The van der Waals surface area contributed by atoms with Crippen molar-refractivity contribution in [2.24, 2.45) is 0 Å². The second-order valence-electron chi connectivity index (χ2n) is 7.11. The van der Waals surface area contributed by atoms with Crippen LogP contribution in [0.2, 0.25) is 0 Å². The van der Waals surface area contributed by atoms with Gasteiger partial charge in [0.15, 0.2) is 0 Å². The maximum Gasteiger partial charge on any atom is 0.410 e. The van der Waals surface area contributed by atoms with Crippen LogP contribution < -0.4 is 0 Å². The molecule has 1 aromatic rings. The van der Waals surface area contributed by atoms with Gasteiger partial charge in [-0.3, -0.25) is 4.90 Å². The van der Waals surface area contributed by atoms with Gasteiger partial charge in [-0.1, -0.05) is 0 Å². The highest BCUT2D eigenvalue weighted by Gasteiger charge is 2.29. The molecule has 1 amide bonds. The number of nitrogens with zero attached hydrogens (tertiary/aromatic N) is 3. The Bertz CT molecular complexity index is 545. The SMILES string of the molecule is CN(C(=O)OC(C)(C)C)C1CCCN(Cc2ccnc(Br)c2)C1. The molecule has 1 aliphatic heterocycles. The molecule has 0 aliphatic carbocycles. The highest BCUT2D eigenvalue weighted by atomic mass is 79.9. The van der Waals surface area contributed by atoms with E-state index in [1.54, 1.807) is 4.90 Å². The zero-order valence-electron chi connectivity index (χ0n) is 14.4. The van der Waals surface area contributed by atoms with Gasteiger partial charge in [0.2, 0.25) is 0 Å². The van der Waals surface area contributed by atoms with Crippen LogP contribution in [-0.2, 0) is 11.3 Å². The molecule has 1 aromatic heterocycles. The molecule has 0 bridgehead atoms. The summed E-state index contributed by atoms with van der Waals surface area (Å²) in [6.45, 7) is 8.49. The lowest BCUT2D eigenvalue weighted by Crippen LogP contribution is -2.49. The minimum absolute atomic E-state index is 0.198. The maximum absolute atomic E-state index is 12.2. The topological polar surface area (TPSA) is 45.7 Å². The number of likely N-dealkylation sites (N-methyl/N-ethyl adjacent to an activating group) is 1. The Kier molecular flexibility index (Phi) is 6.03. The summed E-state index contributed by atoms with van der Waals surface area (Å²) in [5.41, 5.74) is 0.774. The van der Waals surface area contributed by atoms with E-state index in [0.29, 0.717) is 0 Å². The van der Waals surface area contributed by atoms with Crippen LogP contribution in [0.3, 0.4) is 0 Å². The lowest BCUT2D eigenvalue weighted by Gasteiger charge is -2.38. The fraction of sp³-hybridized carbons (Fsp3) is 0.647. The molecular weight excluding hydrogens is 358 g/mol. The zero-order chi connectivity index (χ0) is 17.0. The summed E-state index contributed by atoms with van der Waals surface area (Å²) in [5, 5.41) is 0. The van der Waals surface area contributed by atoms with E-state index in [1.165, 1.54) is 5.56 Å². The maximum atomic E-state index is 12.2. The molecule has 1 saturated heterocycles. The number of carbonyl (C=O) groups is 1. The molecular formula is C17H26BrN3O2. The van der Waals surface area contributed by atoms with Gasteiger partial charge in [0, 0.05) is 32.4 Å². The molecule has 1 atom stereocenters. The monoisotopic (exact) mass is 383 g/mol. The fourth-order valence-electron chi connectivity index (χ4n) is 2.77. The smallest absolute Gasteiger partial charge is 0.410 e. The Morgan fingerprint density at radius 1 is 1.52 bits per heavy atom. The third-order valence-electron chi connectivity index (χ3n) is 3.91. The molecule has 23 heavy (non-hydrogen) atoms. The van der Waals surface area contributed by atoms with Crippen LogP contribution in [0.5, 0.6) is 0 Å². The first kappa shape index (κ1) is 18.2. The van der Waals surface area contributed by atoms with Crippen molar-refractivity contribution in [3.63, 3.8) is 0 Å². The van der Waals surface area contributed by atoms with Gasteiger partial charge in [0.25, 0.3) is 0 Å². The number of piperidine rings is 1. The van der Waals surface area contributed by atoms with Crippen LogP contribution in [0.4, 0.5) is 4.79 Å². The van der Waals surface area contributed by atoms with Crippen molar-refractivity contribution in [2.75, 3.05) is 20.1 Å². The van der Waals surface area contributed by atoms with Gasteiger partial charge in [0.1, 0.15) is 10.2 Å². The Morgan fingerprint density at radius 2 is 2.26 bits per heavy atom. The van der Waals surface area contributed by atoms with Gasteiger partial charge < -0.3 is 9.64 Å². The van der Waals surface area contributed by atoms with E-state index in [1.807, 2.05) is 46.1 Å². The van der Waals surface area contributed by atoms with Crippen LogP contribution in [0, 0.1) is 0 Å². The number of aromatic nitrogens is 1. The van der Waals surface area contributed by atoms with E-state index >= 15 is 0 Å². The number of amides is 1. The first-order valence-electron chi connectivity index (χ1n) is 8.03. The third-order valence-corrected chi connectivity index (χ3v) is 4.34. The van der Waals surface area contributed by atoms with Crippen molar-refractivity contribution in [3.05, 3.63) is 28.5 Å². The Labute approximate surface area is 147 Å². The average molecular weight is 384 g/mol. The highest BCUT2D eigenvalue weighted by Crippen LogP contribution is 2.20. The molecule has 1 unspecified atom stereocenters. The van der Waals surface area contributed by atoms with Crippen LogP contribution in [-0.4, -0.2) is 52.7 Å². The first-order chi connectivity index (χ1) is 10.7. The van der Waals surface area contributed by atoms with Crippen molar-refractivity contribution in [1.29, 1.82) is 0 Å². The Balaban J connectivity index is 1.93. The normalized spacial score (nSPS) is 19.4. The predicted molar refractivity (Wildman–Crippen MR) is 94.2 cm³/mol. The predicted octanol–water partition coefficient (Wildman–Crippen LogP) is 3.68. The molecule has 2 rings (SSSR count). The Hall–Kier alpha value is -1.14. The number of pyridine rings is 1. The number of carbonyl (C=O) groups excluding carboxylic acids is 1. The number of hydrogen-bond donors (Lipinski definition) is 0. The van der Waals surface area contributed by atoms with Crippen molar-refractivity contribution >= 4 is 22.0 Å². The fourth-order valence-corrected chi connectivity index (χ4v) is 3.19. The van der Waals surface area contributed by atoms with E-state index in [2.05, 4.69) is 25.8 Å². The molecule has 128 valence electrons. The first-order valence-corrected chi connectivity index (χ1v) is 8.82. The Morgan fingerprint density at radius 3 is 2.91 bits per heavy atom. The lowest BCUT2D eigenvalue weighted by molar-refractivity contribution is 0.0130. The molecule has 6 heteroatoms. The van der Waals surface area contributed by atoms with Gasteiger partial charge in [-0.15, -0.1) is 0 Å². The minimum atomic E-state index is -0.455. The molecule has 0 radical (unpaired) electrons. The van der Waals surface area contributed by atoms with Crippen LogP contribution in [0.15, 0.2) is 22.9 Å². The average Bonchev–Trinajstić information content (AvgIpc) is 2.45. The summed E-state index contributed by atoms with van der Waals surface area (Å²) in [7, 11) is 1.84. The summed E-state index contributed by atoms with van der Waals surface area (Å²) in [4.78, 5) is 20.5. The lowest BCUT2D eigenvalue weighted by atomic mass is 10.0. The molecule has 5 nitrogen and oxygen atoms in total. The second-order valence-corrected chi connectivity index (χ2v) is 7.92. The van der Waals surface area contributed by atoms with Gasteiger partial charge >= 0.3 is 6.09 Å². The highest BCUT2D eigenvalue weighted by molar-refractivity contribution is 9.10. The van der Waals surface area contributed by atoms with Crippen molar-refractivity contribution < 1.29 is 9.53 Å². The van der Waals surface area contributed by atoms with Gasteiger partial charge in [-0.25, -0.2) is 9.78 Å². The van der Waals surface area contributed by atoms with Crippen molar-refractivity contribution in [3.8, 4) is 0 Å². The number of ether oxygens (including phenoxy) is 1. The summed E-state index contributed by atoms with van der Waals surface area (Å²) in [6, 6.07) is 4.27. The number of halogens is 1. The van der Waals surface area contributed by atoms with Crippen LogP contribution in [0.1, 0.15) is 39.2 Å². The molecule has 0 spiro atoms. The van der Waals surface area contributed by atoms with Gasteiger partial charge in [-0.05, 0) is 73.8 Å². The molecule has 0 aromatic carbocycles. The number of rotatable bonds is 3. The van der Waals surface area contributed by atoms with E-state index < -0.39 is 5.60 Å². The van der Waals surface area contributed by atoms with Gasteiger partial charge in [0.05, 0.1) is 0 Å². The molecule has 1 fully saturated rings. The van der Waals surface area contributed by atoms with Crippen LogP contribution in [0.25, 0.3) is 0 Å². The van der Waals surface area contributed by atoms with E-state index in [9.17, 15) is 4.79 Å². The molecule has 0 saturated carbocycles. The quantitative estimate of drug-likeness (QED) is 0.746. The minimum Gasteiger partial charge on any atom is -0.444 e. The number of hydrogen-bond acceptors (Lipinski definition) is 4. The summed E-state index contributed by atoms with van der Waals surface area (Å²) in [6.07, 6.45) is 3.68. The van der Waals surface area contributed by atoms with E-state index in [-0.39, 0.29) is 12.1 Å². The zero-order valence-corrected chi connectivity index (χ0v) is 16.0. The summed E-state index contributed by atoms with van der Waals surface area (Å²) in [5.74, 6) is 0. The largest absolute Gasteiger partial charge is 0.444 e.